The third kappa shape index (κ3) is 2.78. The first-order valence-electron chi connectivity index (χ1n) is 4.21. The number of hydrogen-bond acceptors (Lipinski definition) is 5. The van der Waals surface area contributed by atoms with Gasteiger partial charge in [0.05, 0.1) is 11.4 Å². The Kier molecular flexibility index (Phi) is 3.62. The average Bonchev–Trinajstić information content (AvgIpc) is 2.45. The van der Waals surface area contributed by atoms with Crippen molar-refractivity contribution >= 4 is 16.0 Å². The topological polar surface area (TPSA) is 121 Å². The fourth-order valence-electron chi connectivity index (χ4n) is 1.15. The molecular formula is C7H11N3O5S. The Morgan fingerprint density at radius 3 is 2.62 bits per heavy atom. The molecule has 0 bridgehead atoms. The number of aliphatic carboxylic acids is 1. The van der Waals surface area contributed by atoms with Crippen LogP contribution in [0.1, 0.15) is 11.4 Å². The maximum atomic E-state index is 11.6. The molecule has 3 N–H and O–H groups in total. The number of carboxylic acid groups (broad SMARTS) is 1. The van der Waals surface area contributed by atoms with Crippen molar-refractivity contribution < 1.29 is 23.2 Å². The van der Waals surface area contributed by atoms with Crippen LogP contribution in [0.3, 0.4) is 0 Å². The molecule has 9 heteroatoms. The fourth-order valence-corrected chi connectivity index (χ4v) is 2.33. The molecule has 0 atom stereocenters. The molecule has 0 aliphatic heterocycles. The Labute approximate surface area is 91.6 Å². The Hall–Kier alpha value is -1.45. The summed E-state index contributed by atoms with van der Waals surface area (Å²) in [5.74, 6) is -1.27. The first kappa shape index (κ1) is 12.6. The minimum atomic E-state index is -3.90. The van der Waals surface area contributed by atoms with E-state index in [2.05, 4.69) is 15.0 Å². The molecule has 0 saturated heterocycles. The number of carbonyl (C=O) groups is 1. The predicted octanol–water partition coefficient (Wildman–Crippen LogP) is -0.679. The van der Waals surface area contributed by atoms with Crippen LogP contribution in [0.4, 0.5) is 0 Å². The summed E-state index contributed by atoms with van der Waals surface area (Å²) < 4.78 is 23.3. The largest absolute Gasteiger partial charge is 0.479 e. The van der Waals surface area contributed by atoms with Gasteiger partial charge in [-0.25, -0.2) is 13.2 Å². The van der Waals surface area contributed by atoms with E-state index >= 15 is 0 Å². The Bertz CT molecular complexity index is 473. The van der Waals surface area contributed by atoms with Gasteiger partial charge in [0, 0.05) is 0 Å². The highest BCUT2D eigenvalue weighted by Gasteiger charge is 2.22. The summed E-state index contributed by atoms with van der Waals surface area (Å²) in [6.07, 6.45) is 0. The number of nitrogens with zero attached hydrogens (tertiary/aromatic N) is 1. The molecule has 0 unspecified atom stereocenters. The molecule has 0 aromatic carbocycles. The van der Waals surface area contributed by atoms with E-state index in [0.717, 1.165) is 0 Å². The SMILES string of the molecule is Cc1n[nH]c(C)c1S(=O)(=O)NOCC(=O)O. The zero-order chi connectivity index (χ0) is 12.3. The second-order valence-electron chi connectivity index (χ2n) is 3.03. The first-order valence-corrected chi connectivity index (χ1v) is 5.70. The van der Waals surface area contributed by atoms with Gasteiger partial charge in [-0.2, -0.15) is 5.10 Å². The summed E-state index contributed by atoms with van der Waals surface area (Å²) in [6, 6.07) is 0. The molecule has 0 aliphatic rings. The van der Waals surface area contributed by atoms with Crippen LogP contribution in [0.2, 0.25) is 0 Å². The van der Waals surface area contributed by atoms with E-state index in [9.17, 15) is 13.2 Å². The Morgan fingerprint density at radius 2 is 2.19 bits per heavy atom. The van der Waals surface area contributed by atoms with Gasteiger partial charge in [-0.3, -0.25) is 9.94 Å². The highest BCUT2D eigenvalue weighted by Crippen LogP contribution is 2.15. The molecule has 1 rings (SSSR count). The van der Waals surface area contributed by atoms with Gasteiger partial charge in [0.1, 0.15) is 4.90 Å². The third-order valence-electron chi connectivity index (χ3n) is 1.69. The van der Waals surface area contributed by atoms with Crippen LogP contribution >= 0.6 is 0 Å². The van der Waals surface area contributed by atoms with Crippen LogP contribution in [0.25, 0.3) is 0 Å². The van der Waals surface area contributed by atoms with Crippen LogP contribution in [-0.2, 0) is 19.7 Å². The maximum absolute atomic E-state index is 11.6. The lowest BCUT2D eigenvalue weighted by atomic mass is 10.4. The van der Waals surface area contributed by atoms with Crippen LogP contribution < -0.4 is 4.89 Å². The molecule has 0 saturated carbocycles. The normalized spacial score (nSPS) is 11.6. The van der Waals surface area contributed by atoms with Crippen molar-refractivity contribution in [3.63, 3.8) is 0 Å². The summed E-state index contributed by atoms with van der Waals surface area (Å²) in [6.45, 7) is 2.29. The number of hydrogen-bond donors (Lipinski definition) is 3. The molecule has 0 fully saturated rings. The number of aromatic amines is 1. The number of carboxylic acids is 1. The summed E-state index contributed by atoms with van der Waals surface area (Å²) in [7, 11) is -3.90. The van der Waals surface area contributed by atoms with Crippen molar-refractivity contribution in [1.29, 1.82) is 0 Å². The van der Waals surface area contributed by atoms with Crippen molar-refractivity contribution in [1.82, 2.24) is 15.1 Å². The summed E-state index contributed by atoms with van der Waals surface area (Å²) in [4.78, 5) is 16.1. The highest BCUT2D eigenvalue weighted by molar-refractivity contribution is 7.89. The second-order valence-corrected chi connectivity index (χ2v) is 4.61. The lowest BCUT2D eigenvalue weighted by Gasteiger charge is -2.05. The van der Waals surface area contributed by atoms with Crippen LogP contribution in [0.15, 0.2) is 4.90 Å². The van der Waals surface area contributed by atoms with Crippen molar-refractivity contribution in [2.75, 3.05) is 6.61 Å². The minimum Gasteiger partial charge on any atom is -0.479 e. The number of nitrogens with one attached hydrogen (secondary N) is 2. The monoisotopic (exact) mass is 249 g/mol. The lowest BCUT2D eigenvalue weighted by Crippen LogP contribution is -2.27. The van der Waals surface area contributed by atoms with Crippen LogP contribution in [0, 0.1) is 13.8 Å². The van der Waals surface area contributed by atoms with E-state index in [1.165, 1.54) is 13.8 Å². The van der Waals surface area contributed by atoms with E-state index < -0.39 is 22.6 Å². The van der Waals surface area contributed by atoms with E-state index in [0.29, 0.717) is 5.69 Å². The standard InChI is InChI=1S/C7H11N3O5S/c1-4-7(5(2)9-8-4)16(13,14)10-15-3-6(11)12/h10H,3H2,1-2H3,(H,8,9)(H,11,12). The van der Waals surface area contributed by atoms with Gasteiger partial charge in [0.25, 0.3) is 10.0 Å². The zero-order valence-corrected chi connectivity index (χ0v) is 9.46. The van der Waals surface area contributed by atoms with Gasteiger partial charge >= 0.3 is 5.97 Å². The van der Waals surface area contributed by atoms with Gasteiger partial charge in [-0.05, 0) is 13.8 Å². The quantitative estimate of drug-likeness (QED) is 0.594. The van der Waals surface area contributed by atoms with Crippen molar-refractivity contribution in [2.45, 2.75) is 18.7 Å². The third-order valence-corrected chi connectivity index (χ3v) is 3.17. The molecule has 0 radical (unpaired) electrons. The van der Waals surface area contributed by atoms with E-state index in [1.54, 1.807) is 4.89 Å². The van der Waals surface area contributed by atoms with E-state index in [1.807, 2.05) is 0 Å². The number of rotatable bonds is 5. The molecule has 1 heterocycles. The molecule has 0 spiro atoms. The van der Waals surface area contributed by atoms with Gasteiger partial charge in [0.15, 0.2) is 6.61 Å². The molecule has 0 aliphatic carbocycles. The van der Waals surface area contributed by atoms with Gasteiger partial charge in [-0.1, -0.05) is 4.89 Å². The van der Waals surface area contributed by atoms with Crippen molar-refractivity contribution in [3.05, 3.63) is 11.4 Å². The summed E-state index contributed by atoms with van der Waals surface area (Å²) in [5.41, 5.74) is 0.632. The Balaban J connectivity index is 2.83. The Morgan fingerprint density at radius 1 is 1.56 bits per heavy atom. The molecule has 16 heavy (non-hydrogen) atoms. The zero-order valence-electron chi connectivity index (χ0n) is 8.64. The minimum absolute atomic E-state index is 0.0436. The highest BCUT2D eigenvalue weighted by atomic mass is 32.2. The molecule has 0 amide bonds. The fraction of sp³-hybridized carbons (Fsp3) is 0.429. The molecule has 1 aromatic heterocycles. The van der Waals surface area contributed by atoms with E-state index in [4.69, 9.17) is 5.11 Å². The number of H-pyrrole nitrogens is 1. The number of sulfonamides is 1. The number of aryl methyl sites for hydroxylation is 2. The molecule has 8 nitrogen and oxygen atoms in total. The maximum Gasteiger partial charge on any atom is 0.331 e. The van der Waals surface area contributed by atoms with Gasteiger partial charge in [0.2, 0.25) is 0 Å². The number of aromatic nitrogens is 2. The lowest BCUT2D eigenvalue weighted by molar-refractivity contribution is -0.143. The van der Waals surface area contributed by atoms with Gasteiger partial charge in [-0.15, -0.1) is 0 Å². The predicted molar refractivity (Wildman–Crippen MR) is 52.0 cm³/mol. The van der Waals surface area contributed by atoms with Crippen LogP contribution in [-0.4, -0.2) is 36.3 Å². The van der Waals surface area contributed by atoms with Gasteiger partial charge < -0.3 is 5.11 Å². The summed E-state index contributed by atoms with van der Waals surface area (Å²) >= 11 is 0. The summed E-state index contributed by atoms with van der Waals surface area (Å²) in [5, 5.41) is 14.5. The molecular weight excluding hydrogens is 238 g/mol. The average molecular weight is 249 g/mol. The smallest absolute Gasteiger partial charge is 0.331 e. The van der Waals surface area contributed by atoms with E-state index in [-0.39, 0.29) is 10.6 Å². The first-order chi connectivity index (χ1) is 7.34. The van der Waals surface area contributed by atoms with Crippen molar-refractivity contribution in [2.24, 2.45) is 0 Å². The second kappa shape index (κ2) is 4.60. The van der Waals surface area contributed by atoms with Crippen LogP contribution in [0.5, 0.6) is 0 Å². The molecule has 90 valence electrons. The molecule has 1 aromatic rings. The van der Waals surface area contributed by atoms with Crippen molar-refractivity contribution in [3.8, 4) is 0 Å².